The molecule has 102 valence electrons. The van der Waals surface area contributed by atoms with Crippen LogP contribution in [0.5, 0.6) is 5.75 Å². The van der Waals surface area contributed by atoms with Crippen LogP contribution in [-0.2, 0) is 6.54 Å². The first-order valence-corrected chi connectivity index (χ1v) is 6.83. The van der Waals surface area contributed by atoms with E-state index in [0.29, 0.717) is 12.1 Å². The minimum Gasteiger partial charge on any atom is -0.496 e. The van der Waals surface area contributed by atoms with Gasteiger partial charge in [0.05, 0.1) is 24.3 Å². The van der Waals surface area contributed by atoms with Gasteiger partial charge >= 0.3 is 0 Å². The van der Waals surface area contributed by atoms with Gasteiger partial charge in [0.25, 0.3) is 5.56 Å². The molecule has 0 N–H and O–H groups in total. The molecule has 0 saturated carbocycles. The SMILES string of the molecule is COc1ccc(Cn2ccn3nccc3c2=O)cc1Br. The molecule has 0 fully saturated rings. The molecule has 6 heteroatoms. The lowest BCUT2D eigenvalue weighted by atomic mass is 10.2. The lowest BCUT2D eigenvalue weighted by molar-refractivity contribution is 0.412. The molecule has 0 aliphatic carbocycles. The van der Waals surface area contributed by atoms with Gasteiger partial charge in [0.1, 0.15) is 11.3 Å². The third kappa shape index (κ3) is 2.22. The van der Waals surface area contributed by atoms with Crippen molar-refractivity contribution in [1.82, 2.24) is 14.2 Å². The first-order valence-electron chi connectivity index (χ1n) is 6.04. The van der Waals surface area contributed by atoms with Crippen LogP contribution in [0.1, 0.15) is 5.56 Å². The summed E-state index contributed by atoms with van der Waals surface area (Å²) < 4.78 is 9.30. The number of methoxy groups -OCH3 is 1. The van der Waals surface area contributed by atoms with E-state index < -0.39 is 0 Å². The highest BCUT2D eigenvalue weighted by Gasteiger charge is 2.06. The molecule has 2 heterocycles. The molecule has 0 atom stereocenters. The fraction of sp³-hybridized carbons (Fsp3) is 0.143. The molecule has 3 aromatic rings. The van der Waals surface area contributed by atoms with E-state index in [4.69, 9.17) is 4.74 Å². The van der Waals surface area contributed by atoms with Crippen LogP contribution in [0.25, 0.3) is 5.52 Å². The second-order valence-corrected chi connectivity index (χ2v) is 5.22. The zero-order chi connectivity index (χ0) is 14.1. The lowest BCUT2D eigenvalue weighted by Crippen LogP contribution is -2.21. The third-order valence-electron chi connectivity index (χ3n) is 3.11. The Morgan fingerprint density at radius 2 is 2.15 bits per heavy atom. The molecule has 0 aliphatic rings. The highest BCUT2D eigenvalue weighted by molar-refractivity contribution is 9.10. The van der Waals surface area contributed by atoms with E-state index in [1.165, 1.54) is 0 Å². The summed E-state index contributed by atoms with van der Waals surface area (Å²) in [4.78, 5) is 12.3. The topological polar surface area (TPSA) is 48.5 Å². The van der Waals surface area contributed by atoms with Crippen LogP contribution in [0.15, 0.2) is 52.1 Å². The van der Waals surface area contributed by atoms with Crippen LogP contribution in [0.4, 0.5) is 0 Å². The van der Waals surface area contributed by atoms with Crippen LogP contribution >= 0.6 is 15.9 Å². The normalized spacial score (nSPS) is 10.9. The van der Waals surface area contributed by atoms with Crippen LogP contribution in [0, 0.1) is 0 Å². The maximum Gasteiger partial charge on any atom is 0.276 e. The Morgan fingerprint density at radius 1 is 1.30 bits per heavy atom. The fourth-order valence-corrected chi connectivity index (χ4v) is 2.68. The molecular formula is C14H12BrN3O2. The summed E-state index contributed by atoms with van der Waals surface area (Å²) in [5.74, 6) is 0.771. The molecule has 0 aliphatic heterocycles. The predicted molar refractivity (Wildman–Crippen MR) is 79.2 cm³/mol. The number of halogens is 1. The number of nitrogens with zero attached hydrogens (tertiary/aromatic N) is 3. The molecule has 2 aromatic heterocycles. The average molecular weight is 334 g/mol. The van der Waals surface area contributed by atoms with Crippen molar-refractivity contribution in [3.05, 3.63) is 63.2 Å². The molecule has 3 rings (SSSR count). The summed E-state index contributed by atoms with van der Waals surface area (Å²) in [6.07, 6.45) is 5.13. The van der Waals surface area contributed by atoms with Crippen molar-refractivity contribution < 1.29 is 4.74 Å². The van der Waals surface area contributed by atoms with E-state index in [0.717, 1.165) is 15.8 Å². The standard InChI is InChI=1S/C14H12BrN3O2/c1-20-13-3-2-10(8-11(13)15)9-17-6-7-18-12(14(17)19)4-5-16-18/h2-8H,9H2,1H3. The Kier molecular flexibility index (Phi) is 3.31. The van der Waals surface area contributed by atoms with Gasteiger partial charge < -0.3 is 9.30 Å². The van der Waals surface area contributed by atoms with Crippen molar-refractivity contribution in [2.24, 2.45) is 0 Å². The highest BCUT2D eigenvalue weighted by Crippen LogP contribution is 2.25. The van der Waals surface area contributed by atoms with Gasteiger partial charge in [-0.05, 0) is 39.7 Å². The zero-order valence-corrected chi connectivity index (χ0v) is 12.4. The van der Waals surface area contributed by atoms with Gasteiger partial charge in [0, 0.05) is 12.4 Å². The zero-order valence-electron chi connectivity index (χ0n) is 10.8. The number of aromatic nitrogens is 3. The predicted octanol–water partition coefficient (Wildman–Crippen LogP) is 2.32. The van der Waals surface area contributed by atoms with Gasteiger partial charge in [0.2, 0.25) is 0 Å². The van der Waals surface area contributed by atoms with Crippen LogP contribution in [0.2, 0.25) is 0 Å². The molecule has 0 amide bonds. The largest absolute Gasteiger partial charge is 0.496 e. The summed E-state index contributed by atoms with van der Waals surface area (Å²) in [6.45, 7) is 0.503. The maximum absolute atomic E-state index is 12.3. The number of fused-ring (bicyclic) bond motifs is 1. The minimum atomic E-state index is -0.0584. The second kappa shape index (κ2) is 5.13. The smallest absolute Gasteiger partial charge is 0.276 e. The molecule has 20 heavy (non-hydrogen) atoms. The van der Waals surface area contributed by atoms with Crippen molar-refractivity contribution in [2.75, 3.05) is 7.11 Å². The van der Waals surface area contributed by atoms with E-state index in [1.54, 1.807) is 40.8 Å². The molecule has 0 unspecified atom stereocenters. The monoisotopic (exact) mass is 333 g/mol. The first kappa shape index (κ1) is 12.9. The van der Waals surface area contributed by atoms with Crippen molar-refractivity contribution >= 4 is 21.4 Å². The molecule has 0 bridgehead atoms. The Labute approximate surface area is 123 Å². The first-order chi connectivity index (χ1) is 9.69. The van der Waals surface area contributed by atoms with Crippen molar-refractivity contribution in [3.63, 3.8) is 0 Å². The minimum absolute atomic E-state index is 0.0584. The van der Waals surface area contributed by atoms with E-state index >= 15 is 0 Å². The summed E-state index contributed by atoms with van der Waals surface area (Å²) in [5.41, 5.74) is 1.53. The number of benzene rings is 1. The van der Waals surface area contributed by atoms with E-state index in [-0.39, 0.29) is 5.56 Å². The Hall–Kier alpha value is -2.08. The van der Waals surface area contributed by atoms with Crippen LogP contribution < -0.4 is 10.3 Å². The molecule has 0 spiro atoms. The van der Waals surface area contributed by atoms with Gasteiger partial charge in [-0.1, -0.05) is 6.07 Å². The van der Waals surface area contributed by atoms with Crippen molar-refractivity contribution in [2.45, 2.75) is 6.54 Å². The molecule has 5 nitrogen and oxygen atoms in total. The quantitative estimate of drug-likeness (QED) is 0.739. The van der Waals surface area contributed by atoms with Crippen molar-refractivity contribution in [3.8, 4) is 5.75 Å². The van der Waals surface area contributed by atoms with Crippen LogP contribution in [0.3, 0.4) is 0 Å². The number of hydrogen-bond donors (Lipinski definition) is 0. The summed E-state index contributed by atoms with van der Waals surface area (Å²) >= 11 is 3.45. The second-order valence-electron chi connectivity index (χ2n) is 4.36. The van der Waals surface area contributed by atoms with Gasteiger partial charge in [-0.25, -0.2) is 4.52 Å². The molecule has 0 saturated heterocycles. The van der Waals surface area contributed by atoms with Crippen molar-refractivity contribution in [1.29, 1.82) is 0 Å². The summed E-state index contributed by atoms with van der Waals surface area (Å²) in [6, 6.07) is 7.48. The summed E-state index contributed by atoms with van der Waals surface area (Å²) in [7, 11) is 1.62. The maximum atomic E-state index is 12.3. The Morgan fingerprint density at radius 3 is 2.90 bits per heavy atom. The Bertz CT molecular complexity index is 823. The van der Waals surface area contributed by atoms with Gasteiger partial charge in [0.15, 0.2) is 0 Å². The van der Waals surface area contributed by atoms with Gasteiger partial charge in [-0.15, -0.1) is 0 Å². The van der Waals surface area contributed by atoms with E-state index in [2.05, 4.69) is 21.0 Å². The lowest BCUT2D eigenvalue weighted by Gasteiger charge is -2.08. The molecular weight excluding hydrogens is 322 g/mol. The number of ether oxygens (including phenoxy) is 1. The highest BCUT2D eigenvalue weighted by atomic mass is 79.9. The Balaban J connectivity index is 1.98. The molecule has 1 aromatic carbocycles. The van der Waals surface area contributed by atoms with Crippen LogP contribution in [-0.4, -0.2) is 21.3 Å². The number of rotatable bonds is 3. The summed E-state index contributed by atoms with van der Waals surface area (Å²) in [5, 5.41) is 4.04. The number of hydrogen-bond acceptors (Lipinski definition) is 3. The fourth-order valence-electron chi connectivity index (χ4n) is 2.09. The van der Waals surface area contributed by atoms with Gasteiger partial charge in [-0.2, -0.15) is 5.10 Å². The van der Waals surface area contributed by atoms with E-state index in [1.807, 2.05) is 18.2 Å². The molecule has 0 radical (unpaired) electrons. The van der Waals surface area contributed by atoms with Gasteiger partial charge in [-0.3, -0.25) is 4.79 Å². The van der Waals surface area contributed by atoms with E-state index in [9.17, 15) is 4.79 Å². The average Bonchev–Trinajstić information content (AvgIpc) is 2.91. The third-order valence-corrected chi connectivity index (χ3v) is 3.73.